The molecule has 4 N–H and O–H groups in total. The summed E-state index contributed by atoms with van der Waals surface area (Å²) in [6.07, 6.45) is 8.99. The molecule has 0 aromatic carbocycles. The summed E-state index contributed by atoms with van der Waals surface area (Å²) >= 11 is 0. The third kappa shape index (κ3) is 6.78. The monoisotopic (exact) mass is 366 g/mol. The Kier molecular flexibility index (Phi) is 8.19. The second-order valence-corrected chi connectivity index (χ2v) is 8.35. The number of rotatable bonds is 6. The van der Waals surface area contributed by atoms with Crippen molar-refractivity contribution in [2.75, 3.05) is 13.1 Å². The summed E-state index contributed by atoms with van der Waals surface area (Å²) in [4.78, 5) is 17.0. The molecule has 0 spiro atoms. The predicted octanol–water partition coefficient (Wildman–Crippen LogP) is 2.32. The Morgan fingerprint density at radius 2 is 1.92 bits per heavy atom. The van der Waals surface area contributed by atoms with E-state index in [2.05, 4.69) is 20.9 Å². The van der Waals surface area contributed by atoms with Crippen LogP contribution in [0.2, 0.25) is 0 Å². The fourth-order valence-corrected chi connectivity index (χ4v) is 4.07. The first kappa shape index (κ1) is 21.0. The first-order valence-electron chi connectivity index (χ1n) is 10.5. The highest BCUT2D eigenvalue weighted by molar-refractivity contribution is 5.81. The predicted molar refractivity (Wildman–Crippen MR) is 106 cm³/mol. The number of aliphatic imine (C=N–C) groups is 1. The van der Waals surface area contributed by atoms with E-state index < -0.39 is 5.60 Å². The van der Waals surface area contributed by atoms with E-state index in [4.69, 9.17) is 0 Å². The Bertz CT molecular complexity index is 472. The maximum atomic E-state index is 12.3. The molecule has 2 rings (SSSR count). The first-order valence-corrected chi connectivity index (χ1v) is 10.5. The van der Waals surface area contributed by atoms with E-state index >= 15 is 0 Å². The molecule has 1 amide bonds. The second kappa shape index (κ2) is 10.1. The summed E-state index contributed by atoms with van der Waals surface area (Å²) in [7, 11) is 0. The zero-order valence-electron chi connectivity index (χ0n) is 16.8. The lowest BCUT2D eigenvalue weighted by Crippen LogP contribution is -2.48. The van der Waals surface area contributed by atoms with Gasteiger partial charge in [0.05, 0.1) is 12.1 Å². The minimum Gasteiger partial charge on any atom is -0.388 e. The maximum Gasteiger partial charge on any atom is 0.223 e. The highest BCUT2D eigenvalue weighted by Crippen LogP contribution is 2.28. The molecule has 2 aliphatic rings. The van der Waals surface area contributed by atoms with E-state index in [0.717, 1.165) is 63.9 Å². The molecule has 150 valence electrons. The molecule has 26 heavy (non-hydrogen) atoms. The van der Waals surface area contributed by atoms with Gasteiger partial charge in [-0.3, -0.25) is 9.79 Å². The molecular weight excluding hydrogens is 328 g/mol. The minimum atomic E-state index is -0.646. The van der Waals surface area contributed by atoms with Crippen molar-refractivity contribution in [2.24, 2.45) is 10.9 Å². The lowest BCUT2D eigenvalue weighted by Gasteiger charge is -2.32. The lowest BCUT2D eigenvalue weighted by atomic mass is 9.85. The van der Waals surface area contributed by atoms with Crippen LogP contribution in [0.5, 0.6) is 0 Å². The summed E-state index contributed by atoms with van der Waals surface area (Å²) in [6.45, 7) is 7.29. The third-order valence-corrected chi connectivity index (χ3v) is 5.48. The summed E-state index contributed by atoms with van der Waals surface area (Å²) in [5.41, 5.74) is -0.646. The molecule has 2 aliphatic carbocycles. The quantitative estimate of drug-likeness (QED) is 0.429. The van der Waals surface area contributed by atoms with E-state index in [1.807, 2.05) is 20.8 Å². The number of amides is 1. The number of aliphatic hydroxyl groups is 1. The summed E-state index contributed by atoms with van der Waals surface area (Å²) in [5.74, 6) is 1.01. The molecule has 0 bridgehead atoms. The van der Waals surface area contributed by atoms with Crippen LogP contribution in [0.1, 0.15) is 78.6 Å². The normalized spacial score (nSPS) is 26.4. The number of carbonyl (C=O) groups excluding carboxylic acids is 1. The van der Waals surface area contributed by atoms with Gasteiger partial charge in [-0.15, -0.1) is 0 Å². The minimum absolute atomic E-state index is 0.0778. The molecule has 0 aromatic rings. The topological polar surface area (TPSA) is 85.8 Å². The van der Waals surface area contributed by atoms with Gasteiger partial charge in [0.1, 0.15) is 0 Å². The van der Waals surface area contributed by atoms with Gasteiger partial charge >= 0.3 is 0 Å². The van der Waals surface area contributed by atoms with Crippen LogP contribution in [0.25, 0.3) is 0 Å². The Morgan fingerprint density at radius 3 is 2.58 bits per heavy atom. The molecule has 0 aromatic heterocycles. The number of guanidine groups is 1. The van der Waals surface area contributed by atoms with Crippen molar-refractivity contribution in [3.63, 3.8) is 0 Å². The van der Waals surface area contributed by atoms with Crippen molar-refractivity contribution >= 4 is 11.9 Å². The van der Waals surface area contributed by atoms with E-state index in [-0.39, 0.29) is 23.9 Å². The fraction of sp³-hybridized carbons (Fsp3) is 0.900. The van der Waals surface area contributed by atoms with Gasteiger partial charge in [0, 0.05) is 24.5 Å². The molecule has 0 aliphatic heterocycles. The van der Waals surface area contributed by atoms with Crippen LogP contribution in [0.15, 0.2) is 4.99 Å². The molecule has 0 saturated heterocycles. The molecule has 2 fully saturated rings. The highest BCUT2D eigenvalue weighted by atomic mass is 16.3. The van der Waals surface area contributed by atoms with Gasteiger partial charge < -0.3 is 21.1 Å². The van der Waals surface area contributed by atoms with Gasteiger partial charge in [-0.05, 0) is 52.9 Å². The van der Waals surface area contributed by atoms with Crippen LogP contribution in [-0.2, 0) is 4.79 Å². The van der Waals surface area contributed by atoms with E-state index in [1.54, 1.807) is 0 Å². The Labute approximate surface area is 158 Å². The third-order valence-electron chi connectivity index (χ3n) is 5.48. The molecule has 0 radical (unpaired) electrons. The van der Waals surface area contributed by atoms with Gasteiger partial charge in [0.15, 0.2) is 5.96 Å². The Balaban J connectivity index is 1.91. The van der Waals surface area contributed by atoms with Gasteiger partial charge in [-0.1, -0.05) is 25.7 Å². The van der Waals surface area contributed by atoms with E-state index in [9.17, 15) is 9.90 Å². The maximum absolute atomic E-state index is 12.3. The van der Waals surface area contributed by atoms with Crippen molar-refractivity contribution in [1.29, 1.82) is 0 Å². The fourth-order valence-electron chi connectivity index (χ4n) is 4.07. The number of carbonyl (C=O) groups is 1. The first-order chi connectivity index (χ1) is 12.4. The lowest BCUT2D eigenvalue weighted by molar-refractivity contribution is -0.126. The molecule has 2 atom stereocenters. The standard InChI is InChI=1S/C20H38N4O2/c1-4-21-19(22-14-20(26)11-6-5-7-12-20)24-17-10-8-9-16(13-17)18(25)23-15(2)3/h15-17,26H,4-14H2,1-3H3,(H,23,25)(H2,21,22,24). The van der Waals surface area contributed by atoms with Crippen molar-refractivity contribution in [1.82, 2.24) is 16.0 Å². The van der Waals surface area contributed by atoms with E-state index in [0.29, 0.717) is 6.54 Å². The molecule has 2 saturated carbocycles. The van der Waals surface area contributed by atoms with Crippen molar-refractivity contribution < 1.29 is 9.90 Å². The van der Waals surface area contributed by atoms with Crippen LogP contribution >= 0.6 is 0 Å². The molecule has 6 heteroatoms. The SMILES string of the molecule is CCNC(=NCC1(O)CCCCC1)NC1CCCC(C(=O)NC(C)C)C1. The smallest absolute Gasteiger partial charge is 0.223 e. The number of nitrogens with one attached hydrogen (secondary N) is 3. The number of hydrogen-bond donors (Lipinski definition) is 4. The Hall–Kier alpha value is -1.30. The Morgan fingerprint density at radius 1 is 1.19 bits per heavy atom. The average Bonchev–Trinajstić information content (AvgIpc) is 2.60. The number of nitrogens with zero attached hydrogens (tertiary/aromatic N) is 1. The van der Waals surface area contributed by atoms with E-state index in [1.165, 1.54) is 6.42 Å². The molecule has 6 nitrogen and oxygen atoms in total. The van der Waals surface area contributed by atoms with Gasteiger partial charge in [-0.2, -0.15) is 0 Å². The largest absolute Gasteiger partial charge is 0.388 e. The molecular formula is C20H38N4O2. The van der Waals surface area contributed by atoms with Crippen molar-refractivity contribution in [3.05, 3.63) is 0 Å². The van der Waals surface area contributed by atoms with Gasteiger partial charge in [0.2, 0.25) is 5.91 Å². The van der Waals surface area contributed by atoms with Crippen LogP contribution < -0.4 is 16.0 Å². The van der Waals surface area contributed by atoms with Crippen molar-refractivity contribution in [2.45, 2.75) is 96.2 Å². The molecule has 2 unspecified atom stereocenters. The van der Waals surface area contributed by atoms with Crippen molar-refractivity contribution in [3.8, 4) is 0 Å². The van der Waals surface area contributed by atoms with Crippen LogP contribution in [0.3, 0.4) is 0 Å². The average molecular weight is 367 g/mol. The van der Waals surface area contributed by atoms with Crippen LogP contribution in [-0.4, -0.2) is 47.7 Å². The van der Waals surface area contributed by atoms with Crippen LogP contribution in [0.4, 0.5) is 0 Å². The summed E-state index contributed by atoms with van der Waals surface area (Å²) < 4.78 is 0. The zero-order valence-corrected chi connectivity index (χ0v) is 16.8. The number of hydrogen-bond acceptors (Lipinski definition) is 3. The summed E-state index contributed by atoms with van der Waals surface area (Å²) in [6, 6.07) is 0.441. The highest BCUT2D eigenvalue weighted by Gasteiger charge is 2.30. The van der Waals surface area contributed by atoms with Crippen LogP contribution in [0, 0.1) is 5.92 Å². The van der Waals surface area contributed by atoms with Gasteiger partial charge in [-0.25, -0.2) is 0 Å². The zero-order chi connectivity index (χ0) is 19.0. The van der Waals surface area contributed by atoms with Gasteiger partial charge in [0.25, 0.3) is 0 Å². The summed E-state index contributed by atoms with van der Waals surface area (Å²) in [5, 5.41) is 20.5. The second-order valence-electron chi connectivity index (χ2n) is 8.35. The molecule has 0 heterocycles.